The van der Waals surface area contributed by atoms with Crippen molar-refractivity contribution in [2.75, 3.05) is 0 Å². The Balaban J connectivity index is 1.68. The molecule has 2 atom stereocenters. The average molecular weight is 364 g/mol. The van der Waals surface area contributed by atoms with Crippen LogP contribution in [0.3, 0.4) is 0 Å². The molecule has 7 nitrogen and oxygen atoms in total. The highest BCUT2D eigenvalue weighted by Gasteiger charge is 2.36. The van der Waals surface area contributed by atoms with Crippen molar-refractivity contribution < 1.29 is 4.84 Å². The predicted octanol–water partition coefficient (Wildman–Crippen LogP) is 2.32. The molecule has 0 amide bonds. The molecular formula is C20H20N4O3. The Labute approximate surface area is 155 Å². The summed E-state index contributed by atoms with van der Waals surface area (Å²) in [6.45, 7) is 2.25. The van der Waals surface area contributed by atoms with Gasteiger partial charge in [0.15, 0.2) is 6.23 Å². The number of nitrogens with zero attached hydrogens (tertiary/aromatic N) is 3. The first-order chi connectivity index (χ1) is 13.1. The summed E-state index contributed by atoms with van der Waals surface area (Å²) in [5.41, 5.74) is 1.75. The van der Waals surface area contributed by atoms with Crippen LogP contribution in [-0.4, -0.2) is 19.6 Å². The number of hydrogen-bond acceptors (Lipinski definition) is 5. The second-order valence-electron chi connectivity index (χ2n) is 6.64. The molecule has 0 bridgehead atoms. The summed E-state index contributed by atoms with van der Waals surface area (Å²) < 4.78 is 1.45. The highest BCUT2D eigenvalue weighted by atomic mass is 16.7. The number of hydrogen-bond donors (Lipinski definition) is 1. The number of benzene rings is 1. The van der Waals surface area contributed by atoms with Crippen LogP contribution in [0.4, 0.5) is 0 Å². The van der Waals surface area contributed by atoms with Gasteiger partial charge in [-0.15, -0.1) is 0 Å². The number of aromatic amines is 1. The van der Waals surface area contributed by atoms with Crippen LogP contribution in [0.5, 0.6) is 0 Å². The van der Waals surface area contributed by atoms with Crippen molar-refractivity contribution in [3.05, 3.63) is 98.6 Å². The first kappa shape index (κ1) is 17.4. The van der Waals surface area contributed by atoms with Gasteiger partial charge in [-0.05, 0) is 24.1 Å². The molecule has 0 radical (unpaired) electrons. The normalized spacial score (nSPS) is 20.0. The Morgan fingerprint density at radius 2 is 2.00 bits per heavy atom. The molecule has 0 spiro atoms. The van der Waals surface area contributed by atoms with E-state index in [0.717, 1.165) is 11.1 Å². The van der Waals surface area contributed by atoms with Gasteiger partial charge in [-0.3, -0.25) is 24.2 Å². The van der Waals surface area contributed by atoms with Crippen molar-refractivity contribution in [3.8, 4) is 0 Å². The molecule has 138 valence electrons. The minimum Gasteiger partial charge on any atom is -0.274 e. The van der Waals surface area contributed by atoms with Gasteiger partial charge in [0.25, 0.3) is 5.56 Å². The van der Waals surface area contributed by atoms with E-state index in [1.165, 1.54) is 4.57 Å². The van der Waals surface area contributed by atoms with E-state index >= 15 is 0 Å². The zero-order valence-electron chi connectivity index (χ0n) is 14.9. The molecule has 1 fully saturated rings. The van der Waals surface area contributed by atoms with Gasteiger partial charge in [0.05, 0.1) is 6.04 Å². The summed E-state index contributed by atoms with van der Waals surface area (Å²) >= 11 is 0. The molecule has 0 unspecified atom stereocenters. The summed E-state index contributed by atoms with van der Waals surface area (Å²) in [7, 11) is 0. The lowest BCUT2D eigenvalue weighted by atomic mass is 10.0. The largest absolute Gasteiger partial charge is 0.330 e. The number of nitrogens with one attached hydrogen (secondary N) is 1. The monoisotopic (exact) mass is 364 g/mol. The average Bonchev–Trinajstić information content (AvgIpc) is 3.09. The SMILES string of the molecule is Cc1cn([C@H]2C[C@@H](c3cccnc3)N(Cc3ccccc3)O2)c(=O)[nH]c1=O. The molecule has 1 N–H and O–H groups in total. The highest BCUT2D eigenvalue weighted by molar-refractivity contribution is 5.18. The predicted molar refractivity (Wildman–Crippen MR) is 99.8 cm³/mol. The smallest absolute Gasteiger partial charge is 0.274 e. The molecule has 1 aliphatic heterocycles. The van der Waals surface area contributed by atoms with Crippen LogP contribution in [-0.2, 0) is 11.4 Å². The van der Waals surface area contributed by atoms with Crippen LogP contribution in [0, 0.1) is 6.92 Å². The van der Waals surface area contributed by atoms with E-state index in [1.807, 2.05) is 53.7 Å². The highest BCUT2D eigenvalue weighted by Crippen LogP contribution is 2.39. The third kappa shape index (κ3) is 3.60. The molecule has 3 heterocycles. The van der Waals surface area contributed by atoms with Crippen molar-refractivity contribution in [2.24, 2.45) is 0 Å². The lowest BCUT2D eigenvalue weighted by Crippen LogP contribution is -2.33. The number of H-pyrrole nitrogens is 1. The molecule has 1 saturated heterocycles. The second kappa shape index (κ2) is 7.30. The molecular weight excluding hydrogens is 344 g/mol. The fourth-order valence-corrected chi connectivity index (χ4v) is 3.33. The quantitative estimate of drug-likeness (QED) is 0.768. The third-order valence-corrected chi connectivity index (χ3v) is 4.74. The Hall–Kier alpha value is -3.03. The minimum absolute atomic E-state index is 0.0527. The van der Waals surface area contributed by atoms with Crippen LogP contribution in [0.25, 0.3) is 0 Å². The molecule has 2 aromatic heterocycles. The van der Waals surface area contributed by atoms with Crippen molar-refractivity contribution in [2.45, 2.75) is 32.2 Å². The lowest BCUT2D eigenvalue weighted by Gasteiger charge is -2.22. The van der Waals surface area contributed by atoms with Gasteiger partial charge in [-0.2, -0.15) is 5.06 Å². The van der Waals surface area contributed by atoms with Gasteiger partial charge in [-0.1, -0.05) is 36.4 Å². The van der Waals surface area contributed by atoms with Crippen molar-refractivity contribution in [3.63, 3.8) is 0 Å². The number of aromatic nitrogens is 3. The molecule has 7 heteroatoms. The summed E-state index contributed by atoms with van der Waals surface area (Å²) in [6, 6.07) is 13.8. The fourth-order valence-electron chi connectivity index (χ4n) is 3.33. The number of rotatable bonds is 4. The molecule has 1 aliphatic rings. The standard InChI is InChI=1S/C20H20N4O3/c1-14-12-23(20(26)22-19(14)25)18-10-17(16-8-5-9-21-11-16)24(27-18)13-15-6-3-2-4-7-15/h2-9,11-12,17-18H,10,13H2,1H3,(H,22,25,26)/t17-,18+/m0/s1. The van der Waals surface area contributed by atoms with Crippen LogP contribution in [0.1, 0.15) is 35.4 Å². The first-order valence-electron chi connectivity index (χ1n) is 8.81. The van der Waals surface area contributed by atoms with Crippen molar-refractivity contribution in [1.82, 2.24) is 19.6 Å². The van der Waals surface area contributed by atoms with E-state index in [0.29, 0.717) is 18.5 Å². The topological polar surface area (TPSA) is 80.2 Å². The maximum absolute atomic E-state index is 12.3. The molecule has 1 aromatic carbocycles. The van der Waals surface area contributed by atoms with Crippen LogP contribution in [0.2, 0.25) is 0 Å². The van der Waals surface area contributed by atoms with E-state index in [1.54, 1.807) is 19.3 Å². The second-order valence-corrected chi connectivity index (χ2v) is 6.64. The maximum atomic E-state index is 12.3. The van der Waals surface area contributed by atoms with Gasteiger partial charge in [0.1, 0.15) is 0 Å². The Morgan fingerprint density at radius 3 is 2.74 bits per heavy atom. The summed E-state index contributed by atoms with van der Waals surface area (Å²) in [6.07, 6.45) is 5.17. The molecule has 0 aliphatic carbocycles. The van der Waals surface area contributed by atoms with Gasteiger partial charge in [0.2, 0.25) is 0 Å². The first-order valence-corrected chi connectivity index (χ1v) is 8.81. The summed E-state index contributed by atoms with van der Waals surface area (Å²) in [5.74, 6) is 0. The molecule has 4 rings (SSSR count). The van der Waals surface area contributed by atoms with E-state index in [4.69, 9.17) is 4.84 Å². The maximum Gasteiger partial charge on any atom is 0.330 e. The van der Waals surface area contributed by atoms with Crippen LogP contribution in [0.15, 0.2) is 70.6 Å². The molecule has 27 heavy (non-hydrogen) atoms. The van der Waals surface area contributed by atoms with Crippen molar-refractivity contribution in [1.29, 1.82) is 0 Å². The van der Waals surface area contributed by atoms with E-state index in [-0.39, 0.29) is 11.6 Å². The van der Waals surface area contributed by atoms with E-state index in [9.17, 15) is 9.59 Å². The third-order valence-electron chi connectivity index (χ3n) is 4.74. The Bertz CT molecular complexity index is 1030. The van der Waals surface area contributed by atoms with Gasteiger partial charge in [0, 0.05) is 37.1 Å². The Kier molecular flexibility index (Phi) is 4.70. The lowest BCUT2D eigenvalue weighted by molar-refractivity contribution is -0.191. The van der Waals surface area contributed by atoms with Crippen LogP contribution < -0.4 is 11.2 Å². The summed E-state index contributed by atoms with van der Waals surface area (Å²) in [4.78, 5) is 36.7. The number of hydroxylamine groups is 2. The number of aryl methyl sites for hydroxylation is 1. The Morgan fingerprint density at radius 1 is 1.19 bits per heavy atom. The molecule has 0 saturated carbocycles. The van der Waals surface area contributed by atoms with E-state index in [2.05, 4.69) is 9.97 Å². The van der Waals surface area contributed by atoms with E-state index < -0.39 is 11.9 Å². The number of pyridine rings is 1. The minimum atomic E-state index is -0.498. The van der Waals surface area contributed by atoms with Gasteiger partial charge in [-0.25, -0.2) is 4.79 Å². The summed E-state index contributed by atoms with van der Waals surface area (Å²) in [5, 5.41) is 1.88. The van der Waals surface area contributed by atoms with Crippen molar-refractivity contribution >= 4 is 0 Å². The zero-order chi connectivity index (χ0) is 18.8. The van der Waals surface area contributed by atoms with Gasteiger partial charge >= 0.3 is 5.69 Å². The zero-order valence-corrected chi connectivity index (χ0v) is 14.9. The van der Waals surface area contributed by atoms with Gasteiger partial charge < -0.3 is 0 Å². The molecule has 3 aromatic rings. The van der Waals surface area contributed by atoms with Crippen LogP contribution >= 0.6 is 0 Å². The fraction of sp³-hybridized carbons (Fsp3) is 0.250.